The van der Waals surface area contributed by atoms with Crippen LogP contribution in [0.3, 0.4) is 0 Å². The summed E-state index contributed by atoms with van der Waals surface area (Å²) in [7, 11) is 0. The standard InChI is InChI=1S/C12H12Cl4N6O3S2/c13-7(14)9(23)17-11-21-19-5(26-11)1-3-25-4-2-6-20-22-12(27-6)18-10(24)8(15)16/h7-8H,1-4H2,(H,17,21,23)(H,18,22,24). The lowest BCUT2D eigenvalue weighted by Gasteiger charge is -2.01. The molecule has 9 nitrogen and oxygen atoms in total. The maximum absolute atomic E-state index is 11.3. The van der Waals surface area contributed by atoms with Crippen molar-refractivity contribution in [1.29, 1.82) is 0 Å². The first-order valence-electron chi connectivity index (χ1n) is 7.25. The molecule has 0 saturated heterocycles. The van der Waals surface area contributed by atoms with Crippen LogP contribution in [0.15, 0.2) is 0 Å². The van der Waals surface area contributed by atoms with Gasteiger partial charge in [-0.25, -0.2) is 0 Å². The number of ether oxygens (including phenoxy) is 1. The SMILES string of the molecule is O=C(Nc1nnc(CCOCCc2nnc(NC(=O)C(Cl)Cl)s2)s1)C(Cl)Cl. The zero-order valence-corrected chi connectivity index (χ0v) is 18.0. The second kappa shape index (κ2) is 11.2. The van der Waals surface area contributed by atoms with Gasteiger partial charge in [-0.1, -0.05) is 69.1 Å². The topological polar surface area (TPSA) is 119 Å². The van der Waals surface area contributed by atoms with E-state index in [0.717, 1.165) is 0 Å². The molecule has 0 aliphatic rings. The number of nitrogens with zero attached hydrogens (tertiary/aromatic N) is 4. The van der Waals surface area contributed by atoms with E-state index in [4.69, 9.17) is 51.1 Å². The number of alkyl halides is 4. The molecule has 0 saturated carbocycles. The molecule has 148 valence electrons. The largest absolute Gasteiger partial charge is 0.381 e. The van der Waals surface area contributed by atoms with Gasteiger partial charge in [-0.2, -0.15) is 0 Å². The van der Waals surface area contributed by atoms with Crippen LogP contribution in [0, 0.1) is 0 Å². The molecule has 2 rings (SSSR count). The Bertz CT molecular complexity index is 710. The van der Waals surface area contributed by atoms with E-state index in [1.165, 1.54) is 22.7 Å². The van der Waals surface area contributed by atoms with Gasteiger partial charge >= 0.3 is 0 Å². The Balaban J connectivity index is 1.65. The molecule has 27 heavy (non-hydrogen) atoms. The average Bonchev–Trinajstić information content (AvgIpc) is 3.24. The number of amides is 2. The van der Waals surface area contributed by atoms with Gasteiger partial charge in [0.15, 0.2) is 9.67 Å². The van der Waals surface area contributed by atoms with Gasteiger partial charge in [-0.05, 0) is 0 Å². The summed E-state index contributed by atoms with van der Waals surface area (Å²) in [5.74, 6) is -1.12. The van der Waals surface area contributed by atoms with Crippen LogP contribution in [0.25, 0.3) is 0 Å². The molecule has 2 aromatic rings. The van der Waals surface area contributed by atoms with E-state index in [9.17, 15) is 9.59 Å². The summed E-state index contributed by atoms with van der Waals surface area (Å²) in [4.78, 5) is 20.4. The zero-order chi connectivity index (χ0) is 19.8. The van der Waals surface area contributed by atoms with Gasteiger partial charge in [0, 0.05) is 12.8 Å². The third-order valence-electron chi connectivity index (χ3n) is 2.71. The monoisotopic (exact) mass is 492 g/mol. The van der Waals surface area contributed by atoms with Crippen LogP contribution in [-0.2, 0) is 27.2 Å². The Morgan fingerprint density at radius 3 is 1.59 bits per heavy atom. The molecule has 0 radical (unpaired) electrons. The van der Waals surface area contributed by atoms with Crippen molar-refractivity contribution >= 4 is 91.2 Å². The number of aromatic nitrogens is 4. The average molecular weight is 494 g/mol. The van der Waals surface area contributed by atoms with E-state index in [-0.39, 0.29) is 0 Å². The molecule has 0 aliphatic heterocycles. The zero-order valence-electron chi connectivity index (χ0n) is 13.3. The molecule has 2 amide bonds. The van der Waals surface area contributed by atoms with Gasteiger partial charge in [0.05, 0.1) is 13.2 Å². The Morgan fingerprint density at radius 2 is 1.22 bits per heavy atom. The second-order valence-corrected chi connectivity index (χ2v) is 9.01. The molecular weight excluding hydrogens is 482 g/mol. The minimum Gasteiger partial charge on any atom is -0.381 e. The summed E-state index contributed by atoms with van der Waals surface area (Å²) in [6.07, 6.45) is 1.06. The predicted molar refractivity (Wildman–Crippen MR) is 106 cm³/mol. The first kappa shape index (κ1) is 22.5. The molecule has 0 fully saturated rings. The molecule has 0 bridgehead atoms. The Labute approximate surface area is 181 Å². The van der Waals surface area contributed by atoms with Crippen molar-refractivity contribution in [3.63, 3.8) is 0 Å². The van der Waals surface area contributed by atoms with Crippen molar-refractivity contribution < 1.29 is 14.3 Å². The Morgan fingerprint density at radius 1 is 0.815 bits per heavy atom. The molecule has 0 aromatic carbocycles. The lowest BCUT2D eigenvalue weighted by molar-refractivity contribution is -0.115. The van der Waals surface area contributed by atoms with Crippen molar-refractivity contribution in [3.05, 3.63) is 10.0 Å². The molecule has 0 atom stereocenters. The summed E-state index contributed by atoms with van der Waals surface area (Å²) >= 11 is 24.2. The van der Waals surface area contributed by atoms with Crippen molar-refractivity contribution in [1.82, 2.24) is 20.4 Å². The number of carbonyl (C=O) groups is 2. The predicted octanol–water partition coefficient (Wildman–Crippen LogP) is 2.68. The van der Waals surface area contributed by atoms with Crippen molar-refractivity contribution in [2.24, 2.45) is 0 Å². The number of nitrogens with one attached hydrogen (secondary N) is 2. The lowest BCUT2D eigenvalue weighted by Crippen LogP contribution is -2.18. The maximum Gasteiger partial charge on any atom is 0.259 e. The number of carbonyl (C=O) groups excluding carboxylic acids is 2. The minimum absolute atomic E-state index is 0.320. The van der Waals surface area contributed by atoms with Gasteiger partial charge < -0.3 is 4.74 Å². The van der Waals surface area contributed by atoms with Crippen molar-refractivity contribution in [3.8, 4) is 0 Å². The van der Waals surface area contributed by atoms with Crippen LogP contribution in [0.5, 0.6) is 0 Å². The Hall–Kier alpha value is -0.820. The van der Waals surface area contributed by atoms with Crippen LogP contribution < -0.4 is 10.6 Å². The van der Waals surface area contributed by atoms with Crippen LogP contribution >= 0.6 is 69.1 Å². The van der Waals surface area contributed by atoms with Crippen LogP contribution in [0.4, 0.5) is 10.3 Å². The third-order valence-corrected chi connectivity index (χ3v) is 5.30. The third kappa shape index (κ3) is 7.98. The van der Waals surface area contributed by atoms with Crippen molar-refractivity contribution in [2.45, 2.75) is 22.5 Å². The number of rotatable bonds is 10. The number of halogens is 4. The Kier molecular flexibility index (Phi) is 9.36. The van der Waals surface area contributed by atoms with Gasteiger partial charge in [-0.3, -0.25) is 20.2 Å². The number of hydrogen-bond acceptors (Lipinski definition) is 9. The van der Waals surface area contributed by atoms with E-state index in [1.54, 1.807) is 0 Å². The first-order valence-corrected chi connectivity index (χ1v) is 10.6. The van der Waals surface area contributed by atoms with E-state index >= 15 is 0 Å². The smallest absolute Gasteiger partial charge is 0.259 e. The van der Waals surface area contributed by atoms with E-state index < -0.39 is 21.5 Å². The quantitative estimate of drug-likeness (QED) is 0.385. The molecule has 0 unspecified atom stereocenters. The molecule has 2 heterocycles. The first-order chi connectivity index (χ1) is 12.8. The molecule has 2 N–H and O–H groups in total. The highest BCUT2D eigenvalue weighted by atomic mass is 35.5. The summed E-state index contributed by atoms with van der Waals surface area (Å²) < 4.78 is 5.52. The maximum atomic E-state index is 11.3. The van der Waals surface area contributed by atoms with Gasteiger partial charge in [0.1, 0.15) is 10.0 Å². The molecule has 0 spiro atoms. The van der Waals surface area contributed by atoms with Gasteiger partial charge in [0.2, 0.25) is 10.3 Å². The van der Waals surface area contributed by atoms with E-state index in [1.807, 2.05) is 0 Å². The summed E-state index contributed by atoms with van der Waals surface area (Å²) in [6.45, 7) is 0.831. The second-order valence-electron chi connectivity index (χ2n) is 4.69. The lowest BCUT2D eigenvalue weighted by atomic mass is 10.4. The fourth-order valence-corrected chi connectivity index (χ4v) is 3.22. The van der Waals surface area contributed by atoms with E-state index in [0.29, 0.717) is 46.3 Å². The fourth-order valence-electron chi connectivity index (χ4n) is 1.55. The highest BCUT2D eigenvalue weighted by Crippen LogP contribution is 2.18. The molecule has 0 aliphatic carbocycles. The highest BCUT2D eigenvalue weighted by molar-refractivity contribution is 7.15. The normalized spacial score (nSPS) is 11.2. The van der Waals surface area contributed by atoms with Crippen LogP contribution in [-0.4, -0.2) is 55.1 Å². The van der Waals surface area contributed by atoms with E-state index in [2.05, 4.69) is 31.0 Å². The van der Waals surface area contributed by atoms with Crippen LogP contribution in [0.1, 0.15) is 10.0 Å². The van der Waals surface area contributed by atoms with Gasteiger partial charge in [-0.15, -0.1) is 20.4 Å². The molecule has 2 aromatic heterocycles. The minimum atomic E-state index is -1.17. The molecular formula is C12H12Cl4N6O3S2. The fraction of sp³-hybridized carbons (Fsp3) is 0.500. The number of anilines is 2. The number of hydrogen-bond donors (Lipinski definition) is 2. The molecule has 15 heteroatoms. The summed E-state index contributed by atoms with van der Waals surface area (Å²) in [6, 6.07) is 0. The van der Waals surface area contributed by atoms with Crippen LogP contribution in [0.2, 0.25) is 0 Å². The summed E-state index contributed by atoms with van der Waals surface area (Å²) in [5.41, 5.74) is 0. The van der Waals surface area contributed by atoms with Crippen molar-refractivity contribution in [2.75, 3.05) is 23.8 Å². The summed E-state index contributed by atoms with van der Waals surface area (Å²) in [5, 5.41) is 22.4. The highest BCUT2D eigenvalue weighted by Gasteiger charge is 2.15. The van der Waals surface area contributed by atoms with Gasteiger partial charge in [0.25, 0.3) is 11.8 Å².